The Morgan fingerprint density at radius 1 is 0.600 bits per heavy atom. The first kappa shape index (κ1) is 53.5. The van der Waals surface area contributed by atoms with E-state index >= 15 is 0 Å². The van der Waals surface area contributed by atoms with Crippen LogP contribution in [0.4, 0.5) is 31.1 Å². The third-order valence-electron chi connectivity index (χ3n) is 10.1. The molecule has 0 radical (unpaired) electrons. The van der Waals surface area contributed by atoms with E-state index in [0.29, 0.717) is 70.8 Å². The second-order valence-electron chi connectivity index (χ2n) is 14.6. The number of hydrogen-bond donors (Lipinski definition) is 1. The summed E-state index contributed by atoms with van der Waals surface area (Å²) >= 11 is 0. The summed E-state index contributed by atoms with van der Waals surface area (Å²) in [5.41, 5.74) is -12.7. The van der Waals surface area contributed by atoms with Crippen molar-refractivity contribution in [3.63, 3.8) is 0 Å². The molecule has 0 aliphatic rings. The fraction of sp³-hybridized carbons (Fsp3) is 0.944. The van der Waals surface area contributed by atoms with Crippen LogP contribution in [0.25, 0.3) is 0 Å². The van der Waals surface area contributed by atoms with Crippen molar-refractivity contribution in [1.82, 2.24) is 8.80 Å². The molecule has 0 bridgehead atoms. The van der Waals surface area contributed by atoms with Crippen LogP contribution < -0.4 is 5.32 Å². The van der Waals surface area contributed by atoms with Crippen molar-refractivity contribution < 1.29 is 57.5 Å². The van der Waals surface area contributed by atoms with Gasteiger partial charge in [0.25, 0.3) is 0 Å². The number of aliphatic imine (C=N–C) groups is 1. The van der Waals surface area contributed by atoms with Crippen molar-refractivity contribution in [3.05, 3.63) is 0 Å². The quantitative estimate of drug-likeness (QED) is 0.0223. The minimum absolute atomic E-state index is 0.00875. The second kappa shape index (κ2) is 27.3. The molecule has 0 fully saturated rings. The Morgan fingerprint density at radius 2 is 0.964 bits per heavy atom. The Labute approximate surface area is 326 Å². The number of alkyl carbamates (subject to hydrolysis) is 1. The number of hydrogen-bond acceptors (Lipinski definition) is 8. The molecular formula is C36H68F6N3O7PS2. The van der Waals surface area contributed by atoms with Crippen molar-refractivity contribution in [3.8, 4) is 0 Å². The van der Waals surface area contributed by atoms with Gasteiger partial charge in [0.05, 0.1) is 0 Å². The SMILES string of the molecule is CCCCCCCCP(CCCCCCCC)(CCCCCCCC)(CCOC(=O)NCCCCCCN=C=O)N(S(=O)(=O)C(F)(F)F)S(=O)(=O)C(F)(F)F. The van der Waals surface area contributed by atoms with E-state index in [0.717, 1.165) is 57.8 Å². The molecular weight excluding hydrogens is 796 g/mol. The molecule has 55 heavy (non-hydrogen) atoms. The standard InChI is InChI=1S/C36H68F6N3O7PS2/c1-4-7-10-13-18-23-29-53(30-24-19-14-11-8-5-2,31-25-20-15-12-9-6-3,32-28-52-34(47)44-27-22-17-16-21-26-43-33-46)45(54(48,49)35(37,38)39)55(50,51)36(40,41)42/h4-32H2,1-3H3,(H,44,47). The molecule has 0 rings (SSSR count). The monoisotopic (exact) mass is 863 g/mol. The van der Waals surface area contributed by atoms with Gasteiger partial charge in [-0.15, -0.1) is 0 Å². The van der Waals surface area contributed by atoms with E-state index in [1.165, 1.54) is 6.08 Å². The van der Waals surface area contributed by atoms with Crippen LogP contribution in [0.2, 0.25) is 0 Å². The van der Waals surface area contributed by atoms with Crippen molar-refractivity contribution >= 4 is 39.0 Å². The predicted molar refractivity (Wildman–Crippen MR) is 209 cm³/mol. The number of sulfonamides is 2. The summed E-state index contributed by atoms with van der Waals surface area (Å²) in [6.45, 7) is 0.123. The minimum atomic E-state index is -7.13. The van der Waals surface area contributed by atoms with Crippen LogP contribution in [0.3, 0.4) is 0 Å². The molecule has 1 N–H and O–H groups in total. The third kappa shape index (κ3) is 18.8. The van der Waals surface area contributed by atoms with Gasteiger partial charge in [-0.1, -0.05) is 0 Å². The first-order valence-electron chi connectivity index (χ1n) is 20.2. The van der Waals surface area contributed by atoms with Gasteiger partial charge in [0.1, 0.15) is 0 Å². The van der Waals surface area contributed by atoms with Gasteiger partial charge >= 0.3 is 317 Å². The number of rotatable bonds is 34. The molecule has 0 aromatic carbocycles. The molecule has 0 aliphatic heterocycles. The second-order valence-corrected chi connectivity index (χ2v) is 25.0. The molecule has 0 aromatic heterocycles. The molecule has 10 nitrogen and oxygen atoms in total. The maximum absolute atomic E-state index is 14.7. The number of alkyl halides is 6. The number of carbonyl (C=O) groups is 1. The van der Waals surface area contributed by atoms with Gasteiger partial charge in [-0.05, 0) is 0 Å². The Balaban J connectivity index is 7.31. The third-order valence-corrected chi connectivity index (χ3v) is 24.0. The van der Waals surface area contributed by atoms with Crippen molar-refractivity contribution in [2.75, 3.05) is 44.3 Å². The molecule has 0 heterocycles. The van der Waals surface area contributed by atoms with E-state index in [2.05, 4.69) is 10.3 Å². The normalized spacial score (nSPS) is 13.7. The summed E-state index contributed by atoms with van der Waals surface area (Å²) in [4.78, 5) is 26.4. The molecule has 0 unspecified atom stereocenters. The number of amides is 1. The van der Waals surface area contributed by atoms with Crippen LogP contribution in [0, 0.1) is 0 Å². The van der Waals surface area contributed by atoms with E-state index in [9.17, 15) is 52.8 Å². The summed E-state index contributed by atoms with van der Waals surface area (Å²) in [5.74, 6) is 0. The molecule has 19 heteroatoms. The Hall–Kier alpha value is -1.48. The number of nitrogens with one attached hydrogen (secondary N) is 1. The molecule has 0 spiro atoms. The maximum atomic E-state index is 14.7. The molecule has 0 aliphatic carbocycles. The first-order chi connectivity index (χ1) is 25.8. The zero-order valence-corrected chi connectivity index (χ0v) is 35.8. The summed E-state index contributed by atoms with van der Waals surface area (Å²) < 4.78 is 147. The molecule has 0 aromatic rings. The molecule has 0 saturated heterocycles. The Morgan fingerprint density at radius 3 is 1.35 bits per heavy atom. The van der Waals surface area contributed by atoms with Crippen LogP contribution in [-0.2, 0) is 29.6 Å². The average molecular weight is 864 g/mol. The van der Waals surface area contributed by atoms with Crippen LogP contribution in [0.1, 0.15) is 162 Å². The van der Waals surface area contributed by atoms with Gasteiger partial charge in [0.2, 0.25) is 6.08 Å². The van der Waals surface area contributed by atoms with E-state index in [-0.39, 0.29) is 25.8 Å². The van der Waals surface area contributed by atoms with Gasteiger partial charge in [-0.3, -0.25) is 0 Å². The first-order valence-corrected chi connectivity index (χ1v) is 26.0. The summed E-state index contributed by atoms with van der Waals surface area (Å²) in [6, 6.07) is 0. The van der Waals surface area contributed by atoms with E-state index in [1.54, 1.807) is 0 Å². The van der Waals surface area contributed by atoms with Gasteiger partial charge in [0.15, 0.2) is 0 Å². The fourth-order valence-electron chi connectivity index (χ4n) is 7.14. The van der Waals surface area contributed by atoms with Crippen LogP contribution >= 0.6 is 6.75 Å². The zero-order chi connectivity index (χ0) is 41.9. The average Bonchev–Trinajstić information content (AvgIpc) is 3.09. The van der Waals surface area contributed by atoms with Gasteiger partial charge in [-0.2, -0.15) is 0 Å². The van der Waals surface area contributed by atoms with Crippen molar-refractivity contribution in [2.24, 2.45) is 4.99 Å². The predicted octanol–water partition coefficient (Wildman–Crippen LogP) is 11.2. The Bertz CT molecular complexity index is 1240. The number of halogens is 6. The van der Waals surface area contributed by atoms with Gasteiger partial charge < -0.3 is 0 Å². The zero-order valence-electron chi connectivity index (χ0n) is 33.3. The van der Waals surface area contributed by atoms with E-state index in [4.69, 9.17) is 4.74 Å². The molecule has 328 valence electrons. The summed E-state index contributed by atoms with van der Waals surface area (Å²) in [6.07, 6.45) is 10.8. The number of ether oxygens (including phenoxy) is 1. The van der Waals surface area contributed by atoms with Crippen molar-refractivity contribution in [2.45, 2.75) is 173 Å². The van der Waals surface area contributed by atoms with E-state index in [1.807, 2.05) is 20.8 Å². The number of unbranched alkanes of at least 4 members (excludes halogenated alkanes) is 18. The van der Waals surface area contributed by atoms with Crippen LogP contribution in [0.5, 0.6) is 0 Å². The van der Waals surface area contributed by atoms with Crippen LogP contribution in [0.15, 0.2) is 4.99 Å². The van der Waals surface area contributed by atoms with E-state index < -0.39 is 78.6 Å². The summed E-state index contributed by atoms with van der Waals surface area (Å²) in [5, 5.41) is 2.49. The van der Waals surface area contributed by atoms with Crippen LogP contribution in [-0.4, -0.2) is 87.9 Å². The molecule has 1 amide bonds. The Kier molecular flexibility index (Phi) is 26.5. The summed E-state index contributed by atoms with van der Waals surface area (Å²) in [7, 11) is -14.3. The van der Waals surface area contributed by atoms with Crippen molar-refractivity contribution in [1.29, 1.82) is 0 Å². The van der Waals surface area contributed by atoms with Gasteiger partial charge in [-0.25, -0.2) is 4.79 Å². The molecule has 0 atom stereocenters. The number of nitrogens with zero attached hydrogens (tertiary/aromatic N) is 2. The van der Waals surface area contributed by atoms with Gasteiger partial charge in [0, 0.05) is 0 Å². The number of carbonyl (C=O) groups excluding carboxylic acids is 2. The number of isocyanates is 1. The molecule has 0 saturated carbocycles. The topological polar surface area (TPSA) is 139 Å². The fourth-order valence-corrected chi connectivity index (χ4v) is 22.1.